The molecular formula is C18H19ClN2. The topological polar surface area (TPSA) is 36.1 Å². The zero-order chi connectivity index (χ0) is 15.7. The molecule has 0 aromatic heterocycles. The molecule has 0 bridgehead atoms. The van der Waals surface area contributed by atoms with Gasteiger partial charge in [-0.2, -0.15) is 5.26 Å². The molecule has 0 aliphatic heterocycles. The Bertz CT molecular complexity index is 633. The molecule has 0 saturated carbocycles. The molecule has 3 heteroatoms. The van der Waals surface area contributed by atoms with E-state index in [-0.39, 0.29) is 0 Å². The monoisotopic (exact) mass is 298 g/mol. The van der Waals surface area contributed by atoms with Crippen molar-refractivity contribution < 1.29 is 0 Å². The Morgan fingerprint density at radius 1 is 1.14 bits per heavy atom. The average Bonchev–Trinajstić information content (AvgIpc) is 2.55. The first-order valence-corrected chi connectivity index (χ1v) is 7.19. The van der Waals surface area contributed by atoms with Crippen LogP contribution in [0, 0.1) is 11.3 Å². The third-order valence-electron chi connectivity index (χ3n) is 3.04. The summed E-state index contributed by atoms with van der Waals surface area (Å²) in [5, 5.41) is 9.32. The molecule has 0 heterocycles. The van der Waals surface area contributed by atoms with E-state index < -0.39 is 0 Å². The summed E-state index contributed by atoms with van der Waals surface area (Å²) in [7, 11) is 1.75. The molecule has 0 saturated heterocycles. The Labute approximate surface area is 131 Å². The summed E-state index contributed by atoms with van der Waals surface area (Å²) in [5.41, 5.74) is 3.99. The number of aryl methyl sites for hydroxylation is 1. The van der Waals surface area contributed by atoms with Crippen LogP contribution in [0.3, 0.4) is 0 Å². The first-order valence-electron chi connectivity index (χ1n) is 6.82. The second-order valence-electron chi connectivity index (χ2n) is 4.37. The summed E-state index contributed by atoms with van der Waals surface area (Å²) in [6, 6.07) is 16.0. The molecule has 2 aromatic carbocycles. The van der Waals surface area contributed by atoms with E-state index in [0.717, 1.165) is 17.5 Å². The lowest BCUT2D eigenvalue weighted by molar-refractivity contribution is 1.14. The van der Waals surface area contributed by atoms with Crippen molar-refractivity contribution in [2.45, 2.75) is 20.3 Å². The lowest BCUT2D eigenvalue weighted by Gasteiger charge is -2.04. The number of hydrogen-bond acceptors (Lipinski definition) is 2. The summed E-state index contributed by atoms with van der Waals surface area (Å²) < 4.78 is 0. The number of hydrogen-bond donors (Lipinski definition) is 0. The fourth-order valence-electron chi connectivity index (χ4n) is 1.72. The van der Waals surface area contributed by atoms with E-state index >= 15 is 0 Å². The third kappa shape index (κ3) is 5.06. The van der Waals surface area contributed by atoms with Crippen LogP contribution in [0.5, 0.6) is 0 Å². The van der Waals surface area contributed by atoms with Gasteiger partial charge < -0.3 is 4.99 Å². The van der Waals surface area contributed by atoms with Gasteiger partial charge in [-0.1, -0.05) is 48.9 Å². The van der Waals surface area contributed by atoms with Crippen LogP contribution in [-0.4, -0.2) is 13.3 Å². The predicted octanol–water partition coefficient (Wildman–Crippen LogP) is 5.15. The first-order chi connectivity index (χ1) is 10.2. The highest BCUT2D eigenvalue weighted by molar-refractivity contribution is 6.32. The number of rotatable bonds is 2. The highest BCUT2D eigenvalue weighted by Gasteiger charge is 2.03. The molecule has 0 radical (unpaired) electrons. The lowest BCUT2D eigenvalue weighted by atomic mass is 10.0. The maximum atomic E-state index is 8.81. The Morgan fingerprint density at radius 2 is 1.71 bits per heavy atom. The van der Waals surface area contributed by atoms with E-state index in [0.29, 0.717) is 10.6 Å². The Kier molecular flexibility index (Phi) is 7.21. The highest BCUT2D eigenvalue weighted by Crippen LogP contribution is 2.25. The van der Waals surface area contributed by atoms with Crippen LogP contribution in [0.25, 0.3) is 11.1 Å². The van der Waals surface area contributed by atoms with Gasteiger partial charge in [0, 0.05) is 7.05 Å². The van der Waals surface area contributed by atoms with Crippen molar-refractivity contribution in [2.24, 2.45) is 4.99 Å². The van der Waals surface area contributed by atoms with Crippen LogP contribution in [0.1, 0.15) is 25.0 Å². The van der Waals surface area contributed by atoms with Crippen LogP contribution in [0.15, 0.2) is 47.5 Å². The molecule has 0 fully saturated rings. The Morgan fingerprint density at radius 3 is 2.14 bits per heavy atom. The maximum absolute atomic E-state index is 8.81. The predicted molar refractivity (Wildman–Crippen MR) is 91.1 cm³/mol. The summed E-state index contributed by atoms with van der Waals surface area (Å²) in [6.45, 7) is 4.02. The molecule has 2 rings (SSSR count). The van der Waals surface area contributed by atoms with Crippen LogP contribution in [0.4, 0.5) is 0 Å². The second-order valence-corrected chi connectivity index (χ2v) is 4.78. The van der Waals surface area contributed by atoms with Crippen LogP contribution in [-0.2, 0) is 6.42 Å². The summed E-state index contributed by atoms with van der Waals surface area (Å²) in [5.74, 6) is 0. The summed E-state index contributed by atoms with van der Waals surface area (Å²) in [4.78, 5) is 3.61. The molecule has 0 aliphatic carbocycles. The zero-order valence-corrected chi connectivity index (χ0v) is 13.4. The van der Waals surface area contributed by atoms with E-state index in [9.17, 15) is 0 Å². The van der Waals surface area contributed by atoms with Gasteiger partial charge >= 0.3 is 0 Å². The second kappa shape index (κ2) is 8.94. The maximum Gasteiger partial charge on any atom is 0.101 e. The molecule has 2 aromatic rings. The average molecular weight is 299 g/mol. The fourth-order valence-corrected chi connectivity index (χ4v) is 1.94. The number of halogens is 1. The molecule has 0 N–H and O–H groups in total. The Balaban J connectivity index is 0.000000491. The lowest BCUT2D eigenvalue weighted by Crippen LogP contribution is -1.83. The van der Waals surface area contributed by atoms with Crippen molar-refractivity contribution in [3.05, 3.63) is 58.6 Å². The van der Waals surface area contributed by atoms with Gasteiger partial charge in [0.2, 0.25) is 0 Å². The molecule has 0 spiro atoms. The standard InChI is InChI=1S/C15H12ClN.C3H7N/c1-2-11-3-5-12(6-4-11)13-7-8-14(10-17)15(16)9-13;1-3-4-2/h3-9H,2H2,1H3;3H,1-2H3. The molecule has 0 unspecified atom stereocenters. The van der Waals surface area contributed by atoms with Gasteiger partial charge in [0.05, 0.1) is 10.6 Å². The SMILES string of the molecule is CC=NC.CCc1ccc(-c2ccc(C#N)c(Cl)c2)cc1. The molecule has 108 valence electrons. The smallest absolute Gasteiger partial charge is 0.101 e. The highest BCUT2D eigenvalue weighted by atomic mass is 35.5. The minimum absolute atomic E-state index is 0.504. The van der Waals surface area contributed by atoms with E-state index in [1.165, 1.54) is 5.56 Å². The van der Waals surface area contributed by atoms with Gasteiger partial charge in [-0.3, -0.25) is 0 Å². The Hall–Kier alpha value is -2.11. The molecular weight excluding hydrogens is 280 g/mol. The van der Waals surface area contributed by atoms with Crippen LogP contribution >= 0.6 is 11.6 Å². The van der Waals surface area contributed by atoms with Crippen molar-refractivity contribution in [1.29, 1.82) is 5.26 Å². The van der Waals surface area contributed by atoms with Gasteiger partial charge in [0.25, 0.3) is 0 Å². The van der Waals surface area contributed by atoms with E-state index in [4.69, 9.17) is 16.9 Å². The minimum atomic E-state index is 0.504. The van der Waals surface area contributed by atoms with Gasteiger partial charge in [-0.25, -0.2) is 0 Å². The van der Waals surface area contributed by atoms with Crippen molar-refractivity contribution in [3.63, 3.8) is 0 Å². The summed E-state index contributed by atoms with van der Waals surface area (Å²) >= 11 is 6.02. The van der Waals surface area contributed by atoms with Crippen LogP contribution in [0.2, 0.25) is 5.02 Å². The fraction of sp³-hybridized carbons (Fsp3) is 0.222. The van der Waals surface area contributed by atoms with Gasteiger partial charge in [0.15, 0.2) is 0 Å². The first kappa shape index (κ1) is 16.9. The number of aliphatic imine (C=N–C) groups is 1. The van der Waals surface area contributed by atoms with Crippen molar-refractivity contribution in [1.82, 2.24) is 0 Å². The number of nitriles is 1. The third-order valence-corrected chi connectivity index (χ3v) is 3.36. The number of nitrogens with zero attached hydrogens (tertiary/aromatic N) is 2. The zero-order valence-electron chi connectivity index (χ0n) is 12.6. The molecule has 0 aliphatic rings. The van der Waals surface area contributed by atoms with E-state index in [1.807, 2.05) is 19.1 Å². The van der Waals surface area contributed by atoms with Gasteiger partial charge in [-0.05, 0) is 48.4 Å². The van der Waals surface area contributed by atoms with Crippen LogP contribution < -0.4 is 0 Å². The molecule has 21 heavy (non-hydrogen) atoms. The molecule has 2 nitrogen and oxygen atoms in total. The van der Waals surface area contributed by atoms with Crippen molar-refractivity contribution in [3.8, 4) is 17.2 Å². The van der Waals surface area contributed by atoms with E-state index in [1.54, 1.807) is 19.3 Å². The van der Waals surface area contributed by atoms with Gasteiger partial charge in [-0.15, -0.1) is 0 Å². The number of benzene rings is 2. The normalized spacial score (nSPS) is 9.86. The summed E-state index contributed by atoms with van der Waals surface area (Å²) in [6.07, 6.45) is 2.79. The molecule has 0 amide bonds. The van der Waals surface area contributed by atoms with E-state index in [2.05, 4.69) is 42.3 Å². The minimum Gasteiger partial charge on any atom is -0.301 e. The largest absolute Gasteiger partial charge is 0.301 e. The quantitative estimate of drug-likeness (QED) is 0.706. The van der Waals surface area contributed by atoms with Crippen molar-refractivity contribution >= 4 is 17.8 Å². The molecule has 0 atom stereocenters. The van der Waals surface area contributed by atoms with Crippen molar-refractivity contribution in [2.75, 3.05) is 7.05 Å². The van der Waals surface area contributed by atoms with Gasteiger partial charge in [0.1, 0.15) is 6.07 Å².